The number of alkyl halides is 3. The molecule has 0 saturated heterocycles. The van der Waals surface area contributed by atoms with Crippen molar-refractivity contribution in [2.75, 3.05) is 6.61 Å². The van der Waals surface area contributed by atoms with Gasteiger partial charge in [0.2, 0.25) is 0 Å². The van der Waals surface area contributed by atoms with Gasteiger partial charge < -0.3 is 4.74 Å². The molecular formula is C18H29F3O2. The number of halogens is 3. The monoisotopic (exact) mass is 334 g/mol. The van der Waals surface area contributed by atoms with E-state index < -0.39 is 18.8 Å². The zero-order valence-corrected chi connectivity index (χ0v) is 14.0. The predicted octanol–water partition coefficient (Wildman–Crippen LogP) is 5.50. The Morgan fingerprint density at radius 3 is 1.96 bits per heavy atom. The zero-order valence-electron chi connectivity index (χ0n) is 14.0. The second-order valence-electron chi connectivity index (χ2n) is 7.40. The Balaban J connectivity index is 1.69. The summed E-state index contributed by atoms with van der Waals surface area (Å²) >= 11 is 0. The summed E-state index contributed by atoms with van der Waals surface area (Å²) in [7, 11) is 0. The van der Waals surface area contributed by atoms with E-state index in [9.17, 15) is 18.0 Å². The van der Waals surface area contributed by atoms with E-state index in [-0.39, 0.29) is 5.92 Å². The molecule has 0 radical (unpaired) electrons. The highest BCUT2D eigenvalue weighted by atomic mass is 19.4. The minimum absolute atomic E-state index is 0.329. The molecular weight excluding hydrogens is 305 g/mol. The molecule has 134 valence electrons. The molecule has 0 unspecified atom stereocenters. The van der Waals surface area contributed by atoms with Gasteiger partial charge >= 0.3 is 12.1 Å². The predicted molar refractivity (Wildman–Crippen MR) is 82.8 cm³/mol. The normalized spacial score (nSPS) is 32.5. The topological polar surface area (TPSA) is 26.3 Å². The van der Waals surface area contributed by atoms with Crippen molar-refractivity contribution in [2.24, 2.45) is 23.7 Å². The summed E-state index contributed by atoms with van der Waals surface area (Å²) in [5, 5.41) is 0. The smallest absolute Gasteiger partial charge is 0.422 e. The Morgan fingerprint density at radius 1 is 0.957 bits per heavy atom. The third-order valence-electron chi connectivity index (χ3n) is 5.74. The van der Waals surface area contributed by atoms with Crippen LogP contribution in [0, 0.1) is 23.7 Å². The third kappa shape index (κ3) is 6.00. The number of carbonyl (C=O) groups excluding carboxylic acids is 1. The highest BCUT2D eigenvalue weighted by Crippen LogP contribution is 2.42. The quantitative estimate of drug-likeness (QED) is 0.620. The molecule has 2 aliphatic carbocycles. The summed E-state index contributed by atoms with van der Waals surface area (Å²) in [6.45, 7) is 0.790. The molecule has 0 aliphatic heterocycles. The second-order valence-corrected chi connectivity index (χ2v) is 7.40. The van der Waals surface area contributed by atoms with Crippen molar-refractivity contribution in [3.63, 3.8) is 0 Å². The van der Waals surface area contributed by atoms with Crippen LogP contribution in [0.4, 0.5) is 13.2 Å². The minimum atomic E-state index is -4.43. The van der Waals surface area contributed by atoms with E-state index in [1.54, 1.807) is 0 Å². The van der Waals surface area contributed by atoms with Crippen molar-refractivity contribution in [1.82, 2.24) is 0 Å². The van der Waals surface area contributed by atoms with Crippen LogP contribution in [0.3, 0.4) is 0 Å². The Hall–Kier alpha value is -0.740. The van der Waals surface area contributed by atoms with Gasteiger partial charge in [-0.1, -0.05) is 32.6 Å². The van der Waals surface area contributed by atoms with Gasteiger partial charge in [0.1, 0.15) is 0 Å². The van der Waals surface area contributed by atoms with Crippen LogP contribution in [0.2, 0.25) is 0 Å². The van der Waals surface area contributed by atoms with Crippen LogP contribution in [0.1, 0.15) is 71.1 Å². The lowest BCUT2D eigenvalue weighted by Gasteiger charge is -2.37. The number of hydrogen-bond donors (Lipinski definition) is 0. The molecule has 23 heavy (non-hydrogen) atoms. The van der Waals surface area contributed by atoms with E-state index in [0.717, 1.165) is 24.7 Å². The average molecular weight is 334 g/mol. The third-order valence-corrected chi connectivity index (χ3v) is 5.74. The summed E-state index contributed by atoms with van der Waals surface area (Å²) in [4.78, 5) is 11.7. The Morgan fingerprint density at radius 2 is 1.48 bits per heavy atom. The maximum atomic E-state index is 12.1. The summed E-state index contributed by atoms with van der Waals surface area (Å²) in [6.07, 6.45) is 6.72. The van der Waals surface area contributed by atoms with Crippen LogP contribution in [0.15, 0.2) is 0 Å². The van der Waals surface area contributed by atoms with Gasteiger partial charge in [0.05, 0.1) is 5.92 Å². The first-order valence-electron chi connectivity index (χ1n) is 9.12. The molecule has 0 amide bonds. The molecule has 2 nitrogen and oxygen atoms in total. The first-order chi connectivity index (χ1) is 10.9. The van der Waals surface area contributed by atoms with Gasteiger partial charge in [0, 0.05) is 0 Å². The molecule has 0 bridgehead atoms. The van der Waals surface area contributed by atoms with Gasteiger partial charge in [0.25, 0.3) is 0 Å². The molecule has 0 N–H and O–H groups in total. The average Bonchev–Trinajstić information content (AvgIpc) is 2.53. The van der Waals surface area contributed by atoms with Crippen molar-refractivity contribution < 1.29 is 22.7 Å². The van der Waals surface area contributed by atoms with Crippen LogP contribution in [-0.2, 0) is 9.53 Å². The number of rotatable bonds is 5. The SMILES string of the molecule is CCC[C@H]1CC[C@H](C2CCC(C(=O)OCC(F)(F)F)CC2)CC1. The van der Waals surface area contributed by atoms with E-state index in [4.69, 9.17) is 0 Å². The molecule has 0 atom stereocenters. The molecule has 0 aromatic rings. The molecule has 2 rings (SSSR count). The van der Waals surface area contributed by atoms with Crippen LogP contribution in [-0.4, -0.2) is 18.8 Å². The van der Waals surface area contributed by atoms with Gasteiger partial charge in [-0.2, -0.15) is 13.2 Å². The summed E-state index contributed by atoms with van der Waals surface area (Å²) in [6, 6.07) is 0. The van der Waals surface area contributed by atoms with E-state index in [1.807, 2.05) is 0 Å². The second kappa shape index (κ2) is 8.39. The lowest BCUT2D eigenvalue weighted by atomic mass is 9.69. The fraction of sp³-hybridized carbons (Fsp3) is 0.944. The lowest BCUT2D eigenvalue weighted by Crippen LogP contribution is -2.30. The summed E-state index contributed by atoms with van der Waals surface area (Å²) in [5.74, 6) is 1.32. The van der Waals surface area contributed by atoms with E-state index in [0.29, 0.717) is 18.8 Å². The maximum absolute atomic E-state index is 12.1. The van der Waals surface area contributed by atoms with E-state index in [1.165, 1.54) is 38.5 Å². The zero-order chi connectivity index (χ0) is 16.9. The van der Waals surface area contributed by atoms with Gasteiger partial charge in [-0.15, -0.1) is 0 Å². The largest absolute Gasteiger partial charge is 0.456 e. The van der Waals surface area contributed by atoms with Crippen LogP contribution < -0.4 is 0 Å². The summed E-state index contributed by atoms with van der Waals surface area (Å²) < 4.78 is 40.7. The van der Waals surface area contributed by atoms with Crippen LogP contribution >= 0.6 is 0 Å². The Kier molecular flexibility index (Phi) is 6.78. The van der Waals surface area contributed by atoms with Gasteiger partial charge in [-0.25, -0.2) is 0 Å². The molecule has 0 spiro atoms. The number of esters is 1. The number of hydrogen-bond acceptors (Lipinski definition) is 2. The molecule has 2 aliphatic rings. The minimum Gasteiger partial charge on any atom is -0.456 e. The van der Waals surface area contributed by atoms with Crippen LogP contribution in [0.25, 0.3) is 0 Å². The highest BCUT2D eigenvalue weighted by Gasteiger charge is 2.35. The van der Waals surface area contributed by atoms with Gasteiger partial charge in [-0.05, 0) is 56.3 Å². The molecule has 0 aromatic carbocycles. The fourth-order valence-corrected chi connectivity index (χ4v) is 4.45. The Labute approximate surface area is 137 Å². The van der Waals surface area contributed by atoms with E-state index in [2.05, 4.69) is 11.7 Å². The molecule has 0 heterocycles. The van der Waals surface area contributed by atoms with Crippen molar-refractivity contribution >= 4 is 5.97 Å². The van der Waals surface area contributed by atoms with Crippen molar-refractivity contribution in [3.8, 4) is 0 Å². The first-order valence-corrected chi connectivity index (χ1v) is 9.12. The van der Waals surface area contributed by atoms with Crippen LogP contribution in [0.5, 0.6) is 0 Å². The van der Waals surface area contributed by atoms with Gasteiger partial charge in [-0.3, -0.25) is 4.79 Å². The molecule has 2 fully saturated rings. The standard InChI is InChI=1S/C18H29F3O2/c1-2-3-13-4-6-14(7-5-13)15-8-10-16(11-9-15)17(22)23-12-18(19,20)21/h13-16H,2-12H2,1H3/t13-,14-,15?,16?. The molecule has 5 heteroatoms. The Bertz CT molecular complexity index is 365. The van der Waals surface area contributed by atoms with Crippen molar-refractivity contribution in [2.45, 2.75) is 77.3 Å². The van der Waals surface area contributed by atoms with Crippen molar-refractivity contribution in [1.29, 1.82) is 0 Å². The van der Waals surface area contributed by atoms with Crippen molar-refractivity contribution in [3.05, 3.63) is 0 Å². The van der Waals surface area contributed by atoms with Gasteiger partial charge in [0.15, 0.2) is 6.61 Å². The molecule has 2 saturated carbocycles. The molecule has 0 aromatic heterocycles. The summed E-state index contributed by atoms with van der Waals surface area (Å²) in [5.41, 5.74) is 0. The first kappa shape index (κ1) is 18.6. The van der Waals surface area contributed by atoms with E-state index >= 15 is 0 Å². The number of carbonyl (C=O) groups is 1. The number of ether oxygens (including phenoxy) is 1. The maximum Gasteiger partial charge on any atom is 0.422 e. The fourth-order valence-electron chi connectivity index (χ4n) is 4.45. The highest BCUT2D eigenvalue weighted by molar-refractivity contribution is 5.72. The lowest BCUT2D eigenvalue weighted by molar-refractivity contribution is -0.190.